The van der Waals surface area contributed by atoms with Crippen molar-refractivity contribution in [3.8, 4) is 0 Å². The normalized spacial score (nSPS) is 24.5. The van der Waals surface area contributed by atoms with Crippen LogP contribution in [0.1, 0.15) is 37.3 Å². The molecule has 0 amide bonds. The van der Waals surface area contributed by atoms with E-state index in [9.17, 15) is 0 Å². The van der Waals surface area contributed by atoms with E-state index < -0.39 is 0 Å². The molecule has 19 heavy (non-hydrogen) atoms. The van der Waals surface area contributed by atoms with E-state index in [-0.39, 0.29) is 6.10 Å². The lowest BCUT2D eigenvalue weighted by Crippen LogP contribution is -2.42. The minimum absolute atomic E-state index is 0.227. The zero-order valence-electron chi connectivity index (χ0n) is 11.3. The number of rotatable bonds is 4. The Morgan fingerprint density at radius 2 is 2.16 bits per heavy atom. The lowest BCUT2D eigenvalue weighted by Gasteiger charge is -2.23. The predicted molar refractivity (Wildman–Crippen MR) is 74.3 cm³/mol. The molecule has 2 fully saturated rings. The molecule has 1 aromatic heterocycles. The maximum atomic E-state index is 5.63. The maximum absolute atomic E-state index is 5.63. The lowest BCUT2D eigenvalue weighted by atomic mass is 10.0. The van der Waals surface area contributed by atoms with Crippen molar-refractivity contribution in [2.75, 3.05) is 31.6 Å². The molecule has 104 valence electrons. The summed E-state index contributed by atoms with van der Waals surface area (Å²) in [6.07, 6.45) is 5.42. The summed E-state index contributed by atoms with van der Waals surface area (Å²) in [6.45, 7) is 3.43. The van der Waals surface area contributed by atoms with E-state index in [0.29, 0.717) is 5.92 Å². The zero-order valence-corrected chi connectivity index (χ0v) is 11.3. The monoisotopic (exact) mass is 262 g/mol. The summed E-state index contributed by atoms with van der Waals surface area (Å²) in [5.74, 6) is 1.48. The number of morpholine rings is 1. The van der Waals surface area contributed by atoms with E-state index in [4.69, 9.17) is 4.74 Å². The van der Waals surface area contributed by atoms with Gasteiger partial charge < -0.3 is 15.4 Å². The van der Waals surface area contributed by atoms with Crippen LogP contribution in [0.4, 0.5) is 5.82 Å². The van der Waals surface area contributed by atoms with Crippen LogP contribution < -0.4 is 10.6 Å². The number of hydrogen-bond donors (Lipinski definition) is 2. The smallest absolute Gasteiger partial charge is 0.148 e. The molecule has 0 radical (unpaired) electrons. The molecule has 1 aromatic rings. The van der Waals surface area contributed by atoms with Gasteiger partial charge in [-0.25, -0.2) is 0 Å². The fraction of sp³-hybridized carbons (Fsp3) is 0.714. The molecular weight excluding hydrogens is 240 g/mol. The molecular formula is C14H22N4O. The second-order valence-electron chi connectivity index (χ2n) is 5.40. The molecule has 1 saturated heterocycles. The molecule has 5 nitrogen and oxygen atoms in total. The standard InChI is InChI=1S/C14H22N4O/c1-2-4-11(3-1)13-5-6-14(18-17-13)16-10-12-9-15-7-8-19-12/h5-6,11-12,15H,1-4,7-10H2,(H,16,18). The molecule has 1 saturated carbocycles. The predicted octanol–water partition coefficient (Wildman–Crippen LogP) is 1.53. The highest BCUT2D eigenvalue weighted by Crippen LogP contribution is 2.32. The fourth-order valence-corrected chi connectivity index (χ4v) is 2.85. The van der Waals surface area contributed by atoms with Crippen LogP contribution in [-0.2, 0) is 4.74 Å². The van der Waals surface area contributed by atoms with Gasteiger partial charge in [0.1, 0.15) is 5.82 Å². The van der Waals surface area contributed by atoms with Crippen LogP contribution in [0.15, 0.2) is 12.1 Å². The first-order valence-electron chi connectivity index (χ1n) is 7.31. The van der Waals surface area contributed by atoms with Crippen LogP contribution in [-0.4, -0.2) is 42.5 Å². The van der Waals surface area contributed by atoms with E-state index in [2.05, 4.69) is 26.9 Å². The Labute approximate surface area is 114 Å². The molecule has 3 rings (SSSR count). The van der Waals surface area contributed by atoms with Gasteiger partial charge in [0.2, 0.25) is 0 Å². The molecule has 2 aliphatic rings. The Balaban J connectivity index is 1.50. The van der Waals surface area contributed by atoms with Gasteiger partial charge in [0.25, 0.3) is 0 Å². The Hall–Kier alpha value is -1.20. The van der Waals surface area contributed by atoms with Crippen molar-refractivity contribution in [2.45, 2.75) is 37.7 Å². The van der Waals surface area contributed by atoms with Crippen molar-refractivity contribution in [1.82, 2.24) is 15.5 Å². The Bertz CT molecular complexity index is 383. The SMILES string of the molecule is c1cc(C2CCCC2)nnc1NCC1CNCCO1. The second-order valence-corrected chi connectivity index (χ2v) is 5.40. The van der Waals surface area contributed by atoms with E-state index in [0.717, 1.165) is 37.8 Å². The first-order valence-corrected chi connectivity index (χ1v) is 7.31. The summed E-state index contributed by atoms with van der Waals surface area (Å²) in [7, 11) is 0. The number of nitrogens with zero attached hydrogens (tertiary/aromatic N) is 2. The quantitative estimate of drug-likeness (QED) is 0.862. The Morgan fingerprint density at radius 3 is 2.84 bits per heavy atom. The minimum atomic E-state index is 0.227. The second kappa shape index (κ2) is 6.30. The van der Waals surface area contributed by atoms with E-state index >= 15 is 0 Å². The summed E-state index contributed by atoms with van der Waals surface area (Å²) in [6, 6.07) is 4.15. The maximum Gasteiger partial charge on any atom is 0.148 e. The molecule has 0 aromatic carbocycles. The van der Waals surface area contributed by atoms with Crippen molar-refractivity contribution in [3.05, 3.63) is 17.8 Å². The average Bonchev–Trinajstić information content (AvgIpc) is 3.01. The van der Waals surface area contributed by atoms with Crippen LogP contribution >= 0.6 is 0 Å². The third kappa shape index (κ3) is 3.42. The zero-order chi connectivity index (χ0) is 12.9. The molecule has 1 aliphatic heterocycles. The number of hydrogen-bond acceptors (Lipinski definition) is 5. The largest absolute Gasteiger partial charge is 0.374 e. The molecule has 0 bridgehead atoms. The van der Waals surface area contributed by atoms with Crippen molar-refractivity contribution in [3.63, 3.8) is 0 Å². The minimum Gasteiger partial charge on any atom is -0.374 e. The Kier molecular flexibility index (Phi) is 4.25. The first-order chi connectivity index (χ1) is 9.42. The summed E-state index contributed by atoms with van der Waals surface area (Å²) < 4.78 is 5.63. The van der Waals surface area contributed by atoms with Crippen LogP contribution in [0, 0.1) is 0 Å². The molecule has 1 atom stereocenters. The summed E-state index contributed by atoms with van der Waals surface area (Å²) in [5, 5.41) is 15.2. The molecule has 5 heteroatoms. The van der Waals surface area contributed by atoms with Crippen molar-refractivity contribution in [1.29, 1.82) is 0 Å². The van der Waals surface area contributed by atoms with E-state index in [1.807, 2.05) is 6.07 Å². The van der Waals surface area contributed by atoms with Gasteiger partial charge in [-0.3, -0.25) is 0 Å². The first kappa shape index (κ1) is 12.8. The average molecular weight is 262 g/mol. The van der Waals surface area contributed by atoms with Gasteiger partial charge in [0.15, 0.2) is 0 Å². The van der Waals surface area contributed by atoms with Crippen molar-refractivity contribution < 1.29 is 4.74 Å². The van der Waals surface area contributed by atoms with Crippen molar-refractivity contribution in [2.24, 2.45) is 0 Å². The van der Waals surface area contributed by atoms with Crippen LogP contribution in [0.5, 0.6) is 0 Å². The lowest BCUT2D eigenvalue weighted by molar-refractivity contribution is 0.0372. The summed E-state index contributed by atoms with van der Waals surface area (Å²) in [5.41, 5.74) is 1.15. The molecule has 2 N–H and O–H groups in total. The highest BCUT2D eigenvalue weighted by atomic mass is 16.5. The molecule has 2 heterocycles. The fourth-order valence-electron chi connectivity index (χ4n) is 2.85. The Morgan fingerprint density at radius 1 is 1.26 bits per heavy atom. The van der Waals surface area contributed by atoms with Crippen LogP contribution in [0.2, 0.25) is 0 Å². The summed E-state index contributed by atoms with van der Waals surface area (Å²) in [4.78, 5) is 0. The van der Waals surface area contributed by atoms with Crippen LogP contribution in [0.25, 0.3) is 0 Å². The van der Waals surface area contributed by atoms with Crippen molar-refractivity contribution >= 4 is 5.82 Å². The number of anilines is 1. The third-order valence-corrected chi connectivity index (χ3v) is 3.97. The highest BCUT2D eigenvalue weighted by molar-refractivity contribution is 5.33. The van der Waals surface area contributed by atoms with Gasteiger partial charge in [-0.1, -0.05) is 12.8 Å². The summed E-state index contributed by atoms with van der Waals surface area (Å²) >= 11 is 0. The van der Waals surface area contributed by atoms with Gasteiger partial charge in [0, 0.05) is 25.6 Å². The van der Waals surface area contributed by atoms with Gasteiger partial charge in [-0.2, -0.15) is 5.10 Å². The number of aromatic nitrogens is 2. The van der Waals surface area contributed by atoms with Gasteiger partial charge in [0.05, 0.1) is 18.4 Å². The third-order valence-electron chi connectivity index (χ3n) is 3.97. The van der Waals surface area contributed by atoms with E-state index in [1.165, 1.54) is 25.7 Å². The van der Waals surface area contributed by atoms with Crippen LogP contribution in [0.3, 0.4) is 0 Å². The number of ether oxygens (including phenoxy) is 1. The van der Waals surface area contributed by atoms with Gasteiger partial charge >= 0.3 is 0 Å². The van der Waals surface area contributed by atoms with E-state index in [1.54, 1.807) is 0 Å². The molecule has 0 spiro atoms. The number of nitrogens with one attached hydrogen (secondary N) is 2. The van der Waals surface area contributed by atoms with Gasteiger partial charge in [-0.05, 0) is 25.0 Å². The molecule has 1 aliphatic carbocycles. The molecule has 1 unspecified atom stereocenters. The topological polar surface area (TPSA) is 59.1 Å². The highest BCUT2D eigenvalue weighted by Gasteiger charge is 2.18. The van der Waals surface area contributed by atoms with Gasteiger partial charge in [-0.15, -0.1) is 5.10 Å².